The number of amides is 1. The maximum absolute atomic E-state index is 15.0. The second kappa shape index (κ2) is 10.7. The third-order valence-corrected chi connectivity index (χ3v) is 5.59. The van der Waals surface area contributed by atoms with E-state index >= 15 is 4.39 Å². The molecule has 0 saturated carbocycles. The van der Waals surface area contributed by atoms with E-state index in [9.17, 15) is 31.1 Å². The van der Waals surface area contributed by atoms with Crippen LogP contribution < -0.4 is 14.8 Å². The number of halogens is 7. The number of hydrogen-bond donors (Lipinski definition) is 1. The molecule has 0 saturated heterocycles. The number of nitrogens with one attached hydrogen (secondary N) is 1. The number of aryl methyl sites for hydroxylation is 1. The Morgan fingerprint density at radius 1 is 1.14 bits per heavy atom. The zero-order valence-corrected chi connectivity index (χ0v) is 19.1. The average molecular weight is 541 g/mol. The van der Waals surface area contributed by atoms with Crippen molar-refractivity contribution in [1.82, 2.24) is 15.1 Å². The van der Waals surface area contributed by atoms with Crippen LogP contribution in [0.1, 0.15) is 34.2 Å². The first kappa shape index (κ1) is 27.0. The van der Waals surface area contributed by atoms with E-state index in [1.165, 1.54) is 10.7 Å². The first-order valence-corrected chi connectivity index (χ1v) is 11.2. The molecule has 1 aromatic heterocycles. The Morgan fingerprint density at radius 3 is 2.62 bits per heavy atom. The summed E-state index contributed by atoms with van der Waals surface area (Å²) in [5.41, 5.74) is -1.44. The van der Waals surface area contributed by atoms with Crippen molar-refractivity contribution in [2.75, 3.05) is 33.0 Å². The van der Waals surface area contributed by atoms with Crippen LogP contribution in [-0.2, 0) is 22.2 Å². The van der Waals surface area contributed by atoms with Crippen molar-refractivity contribution in [3.05, 3.63) is 41.1 Å². The predicted molar refractivity (Wildman–Crippen MR) is 111 cm³/mol. The van der Waals surface area contributed by atoms with E-state index in [4.69, 9.17) is 14.2 Å². The Morgan fingerprint density at radius 2 is 1.89 bits per heavy atom. The number of carbonyl (C=O) groups excluding carboxylic acids is 1. The minimum atomic E-state index is -4.66. The quantitative estimate of drug-likeness (QED) is 0.404. The number of nitrogens with zero attached hydrogens (tertiary/aromatic N) is 2. The first-order valence-electron chi connectivity index (χ1n) is 11.2. The highest BCUT2D eigenvalue weighted by molar-refractivity contribution is 5.92. The summed E-state index contributed by atoms with van der Waals surface area (Å²) in [6.45, 7) is -1.53. The zero-order chi connectivity index (χ0) is 26.8. The molecule has 15 heteroatoms. The number of benzene rings is 1. The van der Waals surface area contributed by atoms with Gasteiger partial charge in [0, 0.05) is 24.6 Å². The van der Waals surface area contributed by atoms with Gasteiger partial charge in [0.05, 0.1) is 31.4 Å². The summed E-state index contributed by atoms with van der Waals surface area (Å²) in [7, 11) is 0. The Balaban J connectivity index is 1.29. The Labute approximate surface area is 205 Å². The molecule has 37 heavy (non-hydrogen) atoms. The lowest BCUT2D eigenvalue weighted by atomic mass is 9.98. The summed E-state index contributed by atoms with van der Waals surface area (Å²) in [4.78, 5) is 12.7. The fourth-order valence-electron chi connectivity index (χ4n) is 3.81. The van der Waals surface area contributed by atoms with Crippen LogP contribution in [0.4, 0.5) is 30.7 Å². The van der Waals surface area contributed by atoms with Gasteiger partial charge in [-0.15, -0.1) is 0 Å². The summed E-state index contributed by atoms with van der Waals surface area (Å²) in [6, 6.07) is 2.57. The summed E-state index contributed by atoms with van der Waals surface area (Å²) in [5, 5.41) is 6.51. The van der Waals surface area contributed by atoms with E-state index in [0.29, 0.717) is 19.0 Å². The molecule has 1 N–H and O–H groups in total. The molecule has 1 amide bonds. The van der Waals surface area contributed by atoms with Gasteiger partial charge in [0.15, 0.2) is 11.9 Å². The van der Waals surface area contributed by atoms with Gasteiger partial charge < -0.3 is 24.3 Å². The minimum absolute atomic E-state index is 0.0305. The van der Waals surface area contributed by atoms with Crippen LogP contribution in [0.25, 0.3) is 0 Å². The lowest BCUT2D eigenvalue weighted by Crippen LogP contribution is -2.44. The van der Waals surface area contributed by atoms with Crippen LogP contribution in [0.15, 0.2) is 24.3 Å². The first-order chi connectivity index (χ1) is 17.4. The molecule has 3 atom stereocenters. The van der Waals surface area contributed by atoms with Crippen molar-refractivity contribution in [3.8, 4) is 11.6 Å². The maximum atomic E-state index is 15.0. The highest BCUT2D eigenvalue weighted by Gasteiger charge is 2.37. The lowest BCUT2D eigenvalue weighted by Gasteiger charge is -2.29. The molecule has 0 aliphatic carbocycles. The number of ether oxygens (including phenoxy) is 4. The van der Waals surface area contributed by atoms with Crippen LogP contribution in [-0.4, -0.2) is 67.0 Å². The average Bonchev–Trinajstić information content (AvgIpc) is 3.25. The number of carbonyl (C=O) groups is 1. The van der Waals surface area contributed by atoms with Gasteiger partial charge in [-0.25, -0.2) is 9.07 Å². The van der Waals surface area contributed by atoms with E-state index in [0.717, 1.165) is 12.1 Å². The lowest BCUT2D eigenvalue weighted by molar-refractivity contribution is -0.177. The Kier molecular flexibility index (Phi) is 7.83. The fraction of sp³-hybridized carbons (Fsp3) is 0.545. The third-order valence-electron chi connectivity index (χ3n) is 5.59. The van der Waals surface area contributed by atoms with Crippen LogP contribution in [0.3, 0.4) is 0 Å². The number of hydrogen-bond acceptors (Lipinski definition) is 6. The molecule has 2 aromatic rings. The summed E-state index contributed by atoms with van der Waals surface area (Å²) >= 11 is 0. The number of aromatic nitrogens is 2. The number of rotatable bonds is 8. The molecule has 0 spiro atoms. The van der Waals surface area contributed by atoms with Gasteiger partial charge in [-0.05, 0) is 18.2 Å². The highest BCUT2D eigenvalue weighted by Crippen LogP contribution is 2.39. The van der Waals surface area contributed by atoms with Crippen molar-refractivity contribution < 1.29 is 54.5 Å². The third kappa shape index (κ3) is 6.83. The van der Waals surface area contributed by atoms with Crippen molar-refractivity contribution >= 4 is 5.91 Å². The van der Waals surface area contributed by atoms with Gasteiger partial charge in [0.2, 0.25) is 5.88 Å². The van der Waals surface area contributed by atoms with Gasteiger partial charge in [-0.1, -0.05) is 0 Å². The van der Waals surface area contributed by atoms with E-state index < -0.39 is 48.7 Å². The van der Waals surface area contributed by atoms with Crippen LogP contribution in [0.2, 0.25) is 0 Å². The molecule has 1 aromatic carbocycles. The van der Waals surface area contributed by atoms with Gasteiger partial charge in [-0.2, -0.15) is 31.4 Å². The molecule has 0 bridgehead atoms. The number of alkyl halides is 7. The summed E-state index contributed by atoms with van der Waals surface area (Å²) in [5.74, 6) is -0.570. The monoisotopic (exact) mass is 541 g/mol. The molecule has 0 radical (unpaired) electrons. The van der Waals surface area contributed by atoms with E-state index in [2.05, 4.69) is 15.2 Å². The summed E-state index contributed by atoms with van der Waals surface area (Å²) in [6.07, 6.45) is -11.0. The molecule has 4 rings (SSSR count). The molecule has 204 valence electrons. The number of fused-ring (bicyclic) bond motifs is 2. The van der Waals surface area contributed by atoms with Crippen LogP contribution >= 0.6 is 0 Å². The van der Waals surface area contributed by atoms with E-state index in [1.54, 1.807) is 0 Å². The van der Waals surface area contributed by atoms with Crippen molar-refractivity contribution in [2.45, 2.75) is 43.6 Å². The minimum Gasteiger partial charge on any atom is -0.491 e. The van der Waals surface area contributed by atoms with Gasteiger partial charge >= 0.3 is 12.4 Å². The summed E-state index contributed by atoms with van der Waals surface area (Å²) < 4.78 is 112. The second-order valence-electron chi connectivity index (χ2n) is 8.41. The van der Waals surface area contributed by atoms with E-state index in [1.807, 2.05) is 0 Å². The largest absolute Gasteiger partial charge is 0.491 e. The van der Waals surface area contributed by atoms with Crippen molar-refractivity contribution in [3.63, 3.8) is 0 Å². The van der Waals surface area contributed by atoms with Crippen molar-refractivity contribution in [1.29, 1.82) is 0 Å². The highest BCUT2D eigenvalue weighted by atomic mass is 19.4. The molecular weight excluding hydrogens is 519 g/mol. The molecule has 8 nitrogen and oxygen atoms in total. The Hall–Kier alpha value is -3.07. The molecule has 3 heterocycles. The molecule has 0 fully saturated rings. The molecule has 2 unspecified atom stereocenters. The fourth-order valence-corrected chi connectivity index (χ4v) is 3.81. The molecule has 2 aliphatic rings. The van der Waals surface area contributed by atoms with Crippen LogP contribution in [0, 0.1) is 0 Å². The standard InChI is InChI=1S/C22H22F7N3O5/c23-19-14-7-12(22(27,28)29)1-2-17(14)36-10-16(19)30-20(33)15-8-18-32(31-15)4-3-13(37-18)9-34-5-6-35-11-21(24,25)26/h1-2,7-8,13,16,19H,3-6,9-11H2,(H,30,33)/t13?,16-,19?/m0/s1. The SMILES string of the molecule is O=C(N[C@H]1COc2ccc(C(F)(F)F)cc2C1F)c1cc2n(n1)CCC(COCCOCC(F)(F)F)O2. The zero-order valence-electron chi connectivity index (χ0n) is 19.1. The van der Waals surface area contributed by atoms with Gasteiger partial charge in [0.25, 0.3) is 5.91 Å². The van der Waals surface area contributed by atoms with Gasteiger partial charge in [-0.3, -0.25) is 4.79 Å². The second-order valence-corrected chi connectivity index (χ2v) is 8.41. The maximum Gasteiger partial charge on any atom is 0.416 e. The molecular formula is C22H22F7N3O5. The Bertz CT molecular complexity index is 1110. The van der Waals surface area contributed by atoms with E-state index in [-0.39, 0.29) is 49.3 Å². The van der Waals surface area contributed by atoms with Gasteiger partial charge in [0.1, 0.15) is 25.1 Å². The smallest absolute Gasteiger partial charge is 0.416 e. The van der Waals surface area contributed by atoms with Crippen LogP contribution in [0.5, 0.6) is 11.6 Å². The normalized spacial score (nSPS) is 21.4. The molecule has 2 aliphatic heterocycles. The topological polar surface area (TPSA) is 83.8 Å². The predicted octanol–water partition coefficient (Wildman–Crippen LogP) is 3.85. The van der Waals surface area contributed by atoms with Crippen molar-refractivity contribution in [2.24, 2.45) is 0 Å².